The number of pyridine rings is 1. The van der Waals surface area contributed by atoms with Crippen LogP contribution in [0, 0.1) is 0 Å². The molecule has 1 aromatic heterocycles. The first kappa shape index (κ1) is 13.8. The van der Waals surface area contributed by atoms with Gasteiger partial charge >= 0.3 is 0 Å². The Labute approximate surface area is 114 Å². The van der Waals surface area contributed by atoms with Crippen molar-refractivity contribution in [1.82, 2.24) is 9.88 Å². The van der Waals surface area contributed by atoms with E-state index in [0.717, 1.165) is 19.1 Å². The average molecular weight is 262 g/mol. The number of oxime groups is 1. The van der Waals surface area contributed by atoms with Gasteiger partial charge in [0.25, 0.3) is 0 Å². The van der Waals surface area contributed by atoms with E-state index in [0.29, 0.717) is 5.69 Å². The molecule has 0 unspecified atom stereocenters. The second-order valence-corrected chi connectivity index (χ2v) is 5.09. The summed E-state index contributed by atoms with van der Waals surface area (Å²) in [6.45, 7) is 4.27. The third kappa shape index (κ3) is 3.92. The third-order valence-electron chi connectivity index (χ3n) is 3.44. The summed E-state index contributed by atoms with van der Waals surface area (Å²) >= 11 is 0. The topological polar surface area (TPSA) is 74.7 Å². The van der Waals surface area contributed by atoms with Crippen molar-refractivity contribution >= 4 is 5.84 Å². The van der Waals surface area contributed by atoms with Gasteiger partial charge in [-0.05, 0) is 43.5 Å². The van der Waals surface area contributed by atoms with Crippen LogP contribution in [0.4, 0.5) is 0 Å². The van der Waals surface area contributed by atoms with Crippen molar-refractivity contribution in [2.75, 3.05) is 6.54 Å². The highest BCUT2D eigenvalue weighted by molar-refractivity contribution is 5.95. The summed E-state index contributed by atoms with van der Waals surface area (Å²) < 4.78 is 0. The summed E-state index contributed by atoms with van der Waals surface area (Å²) in [5.74, 6) is 0.0633. The second kappa shape index (κ2) is 6.52. The molecule has 5 nitrogen and oxygen atoms in total. The summed E-state index contributed by atoms with van der Waals surface area (Å²) in [5.41, 5.74) is 7.27. The zero-order valence-corrected chi connectivity index (χ0v) is 11.4. The van der Waals surface area contributed by atoms with Crippen LogP contribution in [0.2, 0.25) is 0 Å². The number of hydrogen-bond donors (Lipinski definition) is 2. The number of amidine groups is 1. The fraction of sp³-hybridized carbons (Fsp3) is 0.571. The minimum Gasteiger partial charge on any atom is -0.409 e. The predicted molar refractivity (Wildman–Crippen MR) is 75.1 cm³/mol. The van der Waals surface area contributed by atoms with E-state index < -0.39 is 0 Å². The Bertz CT molecular complexity index is 443. The van der Waals surface area contributed by atoms with Crippen molar-refractivity contribution in [3.8, 4) is 0 Å². The zero-order valence-electron chi connectivity index (χ0n) is 11.4. The molecule has 1 aromatic rings. The summed E-state index contributed by atoms with van der Waals surface area (Å²) in [7, 11) is 0. The quantitative estimate of drug-likeness (QED) is 0.341. The van der Waals surface area contributed by atoms with Gasteiger partial charge in [-0.15, -0.1) is 0 Å². The normalized spacial score (nSPS) is 16.0. The molecular weight excluding hydrogens is 240 g/mol. The first-order valence-electron chi connectivity index (χ1n) is 6.91. The summed E-state index contributed by atoms with van der Waals surface area (Å²) in [4.78, 5) is 6.63. The van der Waals surface area contributed by atoms with Crippen molar-refractivity contribution in [3.63, 3.8) is 0 Å². The van der Waals surface area contributed by atoms with E-state index >= 15 is 0 Å². The smallest absolute Gasteiger partial charge is 0.188 e. The van der Waals surface area contributed by atoms with Crippen LogP contribution in [-0.2, 0) is 6.54 Å². The van der Waals surface area contributed by atoms with Crippen molar-refractivity contribution in [2.24, 2.45) is 10.9 Å². The van der Waals surface area contributed by atoms with Crippen LogP contribution >= 0.6 is 0 Å². The minimum atomic E-state index is 0.0633. The van der Waals surface area contributed by atoms with Gasteiger partial charge in [-0.2, -0.15) is 0 Å². The molecule has 0 radical (unpaired) electrons. The van der Waals surface area contributed by atoms with Gasteiger partial charge in [0, 0.05) is 18.8 Å². The summed E-state index contributed by atoms with van der Waals surface area (Å²) in [5, 5.41) is 11.7. The summed E-state index contributed by atoms with van der Waals surface area (Å²) in [6, 6.07) is 4.64. The van der Waals surface area contributed by atoms with E-state index in [9.17, 15) is 0 Å². The Morgan fingerprint density at radius 3 is 3.00 bits per heavy atom. The lowest BCUT2D eigenvalue weighted by molar-refractivity contribution is 0.250. The number of aromatic nitrogens is 1. The molecule has 3 N–H and O–H groups in total. The van der Waals surface area contributed by atoms with Gasteiger partial charge in [0.15, 0.2) is 5.84 Å². The van der Waals surface area contributed by atoms with E-state index in [-0.39, 0.29) is 5.84 Å². The first-order valence-corrected chi connectivity index (χ1v) is 6.91. The maximum atomic E-state index is 8.69. The van der Waals surface area contributed by atoms with Gasteiger partial charge < -0.3 is 10.9 Å². The highest BCUT2D eigenvalue weighted by Crippen LogP contribution is 2.28. The second-order valence-electron chi connectivity index (χ2n) is 5.09. The largest absolute Gasteiger partial charge is 0.409 e. The molecule has 0 aromatic carbocycles. The van der Waals surface area contributed by atoms with E-state index in [4.69, 9.17) is 10.9 Å². The molecule has 0 amide bonds. The predicted octanol–water partition coefficient (Wildman–Crippen LogP) is 1.94. The Morgan fingerprint density at radius 2 is 2.37 bits per heavy atom. The molecule has 0 aliphatic heterocycles. The third-order valence-corrected chi connectivity index (χ3v) is 3.44. The van der Waals surface area contributed by atoms with Gasteiger partial charge in [0.1, 0.15) is 5.69 Å². The zero-order chi connectivity index (χ0) is 13.7. The minimum absolute atomic E-state index is 0.0633. The maximum absolute atomic E-state index is 8.69. The highest BCUT2D eigenvalue weighted by atomic mass is 16.4. The van der Waals surface area contributed by atoms with E-state index in [2.05, 4.69) is 22.0 Å². The molecule has 0 spiro atoms. The Kier molecular flexibility index (Phi) is 4.74. The first-order chi connectivity index (χ1) is 9.24. The monoisotopic (exact) mass is 262 g/mol. The Balaban J connectivity index is 2.04. The highest BCUT2D eigenvalue weighted by Gasteiger charge is 2.28. The molecule has 1 saturated carbocycles. The van der Waals surface area contributed by atoms with Gasteiger partial charge in [-0.3, -0.25) is 9.88 Å². The SMILES string of the molecule is CCCCN(Cc1ccnc(C(N)=NO)c1)C1CC1. The fourth-order valence-electron chi connectivity index (χ4n) is 2.19. The molecule has 0 bridgehead atoms. The lowest BCUT2D eigenvalue weighted by Gasteiger charge is -2.21. The molecule has 1 heterocycles. The van der Waals surface area contributed by atoms with Gasteiger partial charge in [0.2, 0.25) is 0 Å². The van der Waals surface area contributed by atoms with Crippen LogP contribution in [0.1, 0.15) is 43.9 Å². The number of unbranched alkanes of at least 4 members (excludes halogenated alkanes) is 1. The van der Waals surface area contributed by atoms with Crippen molar-refractivity contribution in [3.05, 3.63) is 29.6 Å². The Morgan fingerprint density at radius 1 is 1.58 bits per heavy atom. The van der Waals surface area contributed by atoms with Crippen LogP contribution in [0.25, 0.3) is 0 Å². The molecule has 1 fully saturated rings. The number of nitrogens with zero attached hydrogens (tertiary/aromatic N) is 3. The molecule has 104 valence electrons. The van der Waals surface area contributed by atoms with E-state index in [1.54, 1.807) is 6.20 Å². The molecule has 2 rings (SSSR count). The van der Waals surface area contributed by atoms with Gasteiger partial charge in [-0.25, -0.2) is 0 Å². The molecule has 5 heteroatoms. The molecule has 19 heavy (non-hydrogen) atoms. The van der Waals surface area contributed by atoms with Crippen LogP contribution in [0.3, 0.4) is 0 Å². The Hall–Kier alpha value is -1.62. The average Bonchev–Trinajstić information content (AvgIpc) is 3.27. The number of nitrogens with two attached hydrogens (primary N) is 1. The molecule has 1 aliphatic carbocycles. The van der Waals surface area contributed by atoms with Crippen LogP contribution in [0.5, 0.6) is 0 Å². The van der Waals surface area contributed by atoms with Crippen molar-refractivity contribution in [2.45, 2.75) is 45.2 Å². The molecule has 0 atom stereocenters. The van der Waals surface area contributed by atoms with Crippen LogP contribution in [-0.4, -0.2) is 33.5 Å². The number of hydrogen-bond acceptors (Lipinski definition) is 4. The van der Waals surface area contributed by atoms with Crippen LogP contribution in [0.15, 0.2) is 23.5 Å². The molecule has 0 saturated heterocycles. The lowest BCUT2D eigenvalue weighted by atomic mass is 10.2. The van der Waals surface area contributed by atoms with Gasteiger partial charge in [0.05, 0.1) is 0 Å². The maximum Gasteiger partial charge on any atom is 0.188 e. The lowest BCUT2D eigenvalue weighted by Crippen LogP contribution is -2.27. The van der Waals surface area contributed by atoms with Crippen molar-refractivity contribution < 1.29 is 5.21 Å². The van der Waals surface area contributed by atoms with Crippen LogP contribution < -0.4 is 5.73 Å². The van der Waals surface area contributed by atoms with Gasteiger partial charge in [-0.1, -0.05) is 18.5 Å². The molecular formula is C14H22N4O. The van der Waals surface area contributed by atoms with E-state index in [1.165, 1.54) is 31.2 Å². The number of rotatable bonds is 7. The molecule has 1 aliphatic rings. The standard InChI is InChI=1S/C14H22N4O/c1-2-3-8-18(12-4-5-12)10-11-6-7-16-13(9-11)14(15)17-19/h6-7,9,12,19H,2-5,8,10H2,1H3,(H2,15,17). The fourth-order valence-corrected chi connectivity index (χ4v) is 2.19. The summed E-state index contributed by atoms with van der Waals surface area (Å²) in [6.07, 6.45) is 6.78. The van der Waals surface area contributed by atoms with E-state index in [1.807, 2.05) is 12.1 Å². The van der Waals surface area contributed by atoms with Crippen molar-refractivity contribution in [1.29, 1.82) is 0 Å².